The van der Waals surface area contributed by atoms with Gasteiger partial charge in [-0.05, 0) is 50.2 Å². The van der Waals surface area contributed by atoms with Crippen LogP contribution < -0.4 is 5.32 Å². The van der Waals surface area contributed by atoms with Crippen molar-refractivity contribution >= 4 is 0 Å². The number of nitrogens with one attached hydrogen (secondary N) is 1. The van der Waals surface area contributed by atoms with Crippen LogP contribution in [0.1, 0.15) is 18.4 Å². The summed E-state index contributed by atoms with van der Waals surface area (Å²) in [6.07, 6.45) is 5.12. The highest BCUT2D eigenvalue weighted by Crippen LogP contribution is 2.42. The molecule has 1 fully saturated rings. The summed E-state index contributed by atoms with van der Waals surface area (Å²) in [5.74, 6) is -0.736. The average Bonchev–Trinajstić information content (AvgIpc) is 2.91. The predicted octanol–water partition coefficient (Wildman–Crippen LogP) is 2.50. The van der Waals surface area contributed by atoms with Crippen molar-refractivity contribution in [3.63, 3.8) is 0 Å². The number of halogens is 1. The van der Waals surface area contributed by atoms with E-state index in [1.54, 1.807) is 24.7 Å². The van der Waals surface area contributed by atoms with E-state index in [-0.39, 0.29) is 11.7 Å². The minimum absolute atomic E-state index is 0.245. The van der Waals surface area contributed by atoms with Crippen molar-refractivity contribution in [1.29, 1.82) is 0 Å². The van der Waals surface area contributed by atoms with Gasteiger partial charge >= 0.3 is 0 Å². The summed E-state index contributed by atoms with van der Waals surface area (Å²) in [6, 6.07) is 6.38. The molecule has 96 valence electrons. The quantitative estimate of drug-likeness (QED) is 0.873. The molecule has 1 saturated heterocycles. The van der Waals surface area contributed by atoms with E-state index in [1.165, 1.54) is 12.1 Å². The molecule has 18 heavy (non-hydrogen) atoms. The molecule has 1 aromatic rings. The van der Waals surface area contributed by atoms with Crippen LogP contribution in [0.15, 0.2) is 36.8 Å². The fourth-order valence-electron chi connectivity index (χ4n) is 2.73. The van der Waals surface area contributed by atoms with E-state index in [4.69, 9.17) is 9.47 Å². The summed E-state index contributed by atoms with van der Waals surface area (Å²) in [5, 5.41) is 3.32. The summed E-state index contributed by atoms with van der Waals surface area (Å²) >= 11 is 0. The first-order valence-electron chi connectivity index (χ1n) is 6.29. The van der Waals surface area contributed by atoms with Crippen molar-refractivity contribution in [3.8, 4) is 0 Å². The Hall–Kier alpha value is -1.55. The molecule has 1 aromatic carbocycles. The van der Waals surface area contributed by atoms with Gasteiger partial charge in [0.15, 0.2) is 0 Å². The third-order valence-electron chi connectivity index (χ3n) is 3.66. The van der Waals surface area contributed by atoms with E-state index >= 15 is 0 Å². The summed E-state index contributed by atoms with van der Waals surface area (Å²) < 4.78 is 24.5. The predicted molar refractivity (Wildman–Crippen MR) is 65.0 cm³/mol. The van der Waals surface area contributed by atoms with Crippen molar-refractivity contribution in [2.24, 2.45) is 5.92 Å². The molecule has 3 nitrogen and oxygen atoms in total. The normalized spacial score (nSPS) is 22.5. The Morgan fingerprint density at radius 1 is 1.06 bits per heavy atom. The highest BCUT2D eigenvalue weighted by molar-refractivity contribution is 5.24. The first kappa shape index (κ1) is 11.5. The molecule has 2 aliphatic heterocycles. The van der Waals surface area contributed by atoms with E-state index in [0.29, 0.717) is 0 Å². The molecule has 0 aromatic heterocycles. The molecule has 0 aliphatic carbocycles. The fourth-order valence-corrected chi connectivity index (χ4v) is 2.73. The third-order valence-corrected chi connectivity index (χ3v) is 3.66. The molecule has 3 rings (SSSR count). The maximum Gasteiger partial charge on any atom is 0.279 e. The Bertz CT molecular complexity index is 430. The maximum absolute atomic E-state index is 13.0. The van der Waals surface area contributed by atoms with Crippen LogP contribution >= 0.6 is 0 Å². The van der Waals surface area contributed by atoms with Crippen molar-refractivity contribution in [1.82, 2.24) is 5.32 Å². The Kier molecular flexibility index (Phi) is 2.96. The average molecular weight is 249 g/mol. The number of ether oxygens (including phenoxy) is 2. The zero-order valence-corrected chi connectivity index (χ0v) is 10.1. The zero-order valence-electron chi connectivity index (χ0n) is 10.1. The van der Waals surface area contributed by atoms with Crippen LogP contribution in [0.4, 0.5) is 4.39 Å². The number of rotatable bonds is 2. The largest absolute Gasteiger partial charge is 0.452 e. The molecule has 2 heterocycles. The number of hydrogen-bond acceptors (Lipinski definition) is 3. The molecular formula is C14H16FNO2. The number of hydrogen-bond donors (Lipinski definition) is 1. The smallest absolute Gasteiger partial charge is 0.279 e. The number of benzene rings is 1. The second-order valence-electron chi connectivity index (χ2n) is 4.71. The fraction of sp³-hybridized carbons (Fsp3) is 0.429. The minimum atomic E-state index is -0.768. The monoisotopic (exact) mass is 249 g/mol. The van der Waals surface area contributed by atoms with Gasteiger partial charge in [0, 0.05) is 11.5 Å². The summed E-state index contributed by atoms with van der Waals surface area (Å²) in [7, 11) is 0. The SMILES string of the molecule is Fc1ccc(C2(C3CCNCC3)OC=CO2)cc1. The summed E-state index contributed by atoms with van der Waals surface area (Å²) in [4.78, 5) is 0. The zero-order chi connectivity index (χ0) is 12.4. The van der Waals surface area contributed by atoms with Crippen LogP contribution in [0.5, 0.6) is 0 Å². The summed E-state index contributed by atoms with van der Waals surface area (Å²) in [5.41, 5.74) is 0.876. The highest BCUT2D eigenvalue weighted by Gasteiger charge is 2.46. The first-order valence-corrected chi connectivity index (χ1v) is 6.29. The molecule has 0 amide bonds. The molecule has 0 bridgehead atoms. The lowest BCUT2D eigenvalue weighted by Crippen LogP contribution is -2.42. The van der Waals surface area contributed by atoms with Crippen LogP contribution in [0.2, 0.25) is 0 Å². The van der Waals surface area contributed by atoms with Crippen LogP contribution in [-0.2, 0) is 15.3 Å². The van der Waals surface area contributed by atoms with Gasteiger partial charge in [0.1, 0.15) is 18.3 Å². The van der Waals surface area contributed by atoms with Gasteiger partial charge in [0.2, 0.25) is 0 Å². The molecule has 0 unspecified atom stereocenters. The lowest BCUT2D eigenvalue weighted by Gasteiger charge is -2.38. The Morgan fingerprint density at radius 2 is 1.67 bits per heavy atom. The van der Waals surface area contributed by atoms with Gasteiger partial charge < -0.3 is 14.8 Å². The lowest BCUT2D eigenvalue weighted by molar-refractivity contribution is -0.196. The van der Waals surface area contributed by atoms with Crippen LogP contribution in [0.3, 0.4) is 0 Å². The standard InChI is InChI=1S/C14H16FNO2/c15-13-3-1-11(2-4-13)14(17-9-10-18-14)12-5-7-16-8-6-12/h1-4,9-10,12,16H,5-8H2. The molecule has 0 saturated carbocycles. The van der Waals surface area contributed by atoms with Crippen molar-refractivity contribution < 1.29 is 13.9 Å². The van der Waals surface area contributed by atoms with Crippen LogP contribution in [0.25, 0.3) is 0 Å². The highest BCUT2D eigenvalue weighted by atomic mass is 19.1. The Morgan fingerprint density at radius 3 is 2.28 bits per heavy atom. The van der Waals surface area contributed by atoms with Gasteiger partial charge in [-0.2, -0.15) is 0 Å². The van der Waals surface area contributed by atoms with Gasteiger partial charge in [-0.25, -0.2) is 4.39 Å². The molecule has 0 spiro atoms. The molecular weight excluding hydrogens is 233 g/mol. The van der Waals surface area contributed by atoms with E-state index in [9.17, 15) is 4.39 Å². The summed E-state index contributed by atoms with van der Waals surface area (Å²) in [6.45, 7) is 1.92. The van der Waals surface area contributed by atoms with Gasteiger partial charge in [0.25, 0.3) is 5.79 Å². The van der Waals surface area contributed by atoms with Crippen LogP contribution in [0, 0.1) is 11.7 Å². The molecule has 4 heteroatoms. The van der Waals surface area contributed by atoms with Crippen molar-refractivity contribution in [3.05, 3.63) is 48.2 Å². The van der Waals surface area contributed by atoms with E-state index in [0.717, 1.165) is 31.5 Å². The molecule has 0 atom stereocenters. The topological polar surface area (TPSA) is 30.5 Å². The minimum Gasteiger partial charge on any atom is -0.452 e. The Balaban J connectivity index is 1.93. The van der Waals surface area contributed by atoms with Crippen molar-refractivity contribution in [2.45, 2.75) is 18.6 Å². The van der Waals surface area contributed by atoms with Gasteiger partial charge in [0.05, 0.1) is 0 Å². The van der Waals surface area contributed by atoms with E-state index < -0.39 is 5.79 Å². The third kappa shape index (κ3) is 1.86. The first-order chi connectivity index (χ1) is 8.81. The van der Waals surface area contributed by atoms with Crippen LogP contribution in [-0.4, -0.2) is 13.1 Å². The maximum atomic E-state index is 13.0. The van der Waals surface area contributed by atoms with Gasteiger partial charge in [-0.3, -0.25) is 0 Å². The molecule has 1 N–H and O–H groups in total. The molecule has 2 aliphatic rings. The van der Waals surface area contributed by atoms with Crippen molar-refractivity contribution in [2.75, 3.05) is 13.1 Å². The lowest BCUT2D eigenvalue weighted by atomic mass is 9.84. The second-order valence-corrected chi connectivity index (χ2v) is 4.71. The van der Waals surface area contributed by atoms with E-state index in [2.05, 4.69) is 5.32 Å². The Labute approximate surface area is 106 Å². The van der Waals surface area contributed by atoms with Gasteiger partial charge in [-0.15, -0.1) is 0 Å². The second kappa shape index (κ2) is 4.61. The number of piperidine rings is 1. The van der Waals surface area contributed by atoms with E-state index in [1.807, 2.05) is 0 Å². The van der Waals surface area contributed by atoms with Gasteiger partial charge in [-0.1, -0.05) is 0 Å². The molecule has 0 radical (unpaired) electrons.